The number of para-hydroxylation sites is 1. The fraction of sp³-hybridized carbons (Fsp3) is 0.429. The summed E-state index contributed by atoms with van der Waals surface area (Å²) in [5, 5.41) is 3.22. The van der Waals surface area contributed by atoms with E-state index >= 15 is 0 Å². The van der Waals surface area contributed by atoms with Crippen LogP contribution in [0.25, 0.3) is 0 Å². The molecule has 2 rings (SSSR count). The van der Waals surface area contributed by atoms with E-state index in [4.69, 9.17) is 4.74 Å². The maximum Gasteiger partial charge on any atom is 0.318 e. The molecule has 1 heterocycles. The van der Waals surface area contributed by atoms with Crippen LogP contribution in [-0.2, 0) is 20.7 Å². The smallest absolute Gasteiger partial charge is 0.318 e. The first-order valence-corrected chi connectivity index (χ1v) is 6.32. The van der Waals surface area contributed by atoms with Gasteiger partial charge in [-0.1, -0.05) is 18.2 Å². The van der Waals surface area contributed by atoms with Crippen molar-refractivity contribution in [1.82, 2.24) is 5.01 Å². The summed E-state index contributed by atoms with van der Waals surface area (Å²) in [4.78, 5) is 24.3. The van der Waals surface area contributed by atoms with Crippen molar-refractivity contribution in [2.24, 2.45) is 5.92 Å². The van der Waals surface area contributed by atoms with E-state index in [1.54, 1.807) is 26.0 Å². The average Bonchev–Trinajstić information content (AvgIpc) is 2.37. The number of ether oxygens (including phenoxy) is 1. The Balaban J connectivity index is 2.39. The van der Waals surface area contributed by atoms with E-state index in [-0.39, 0.29) is 12.5 Å². The number of esters is 1. The Morgan fingerprint density at radius 2 is 2.11 bits per heavy atom. The highest BCUT2D eigenvalue weighted by Crippen LogP contribution is 2.31. The van der Waals surface area contributed by atoms with Gasteiger partial charge < -0.3 is 4.74 Å². The van der Waals surface area contributed by atoms with Crippen LogP contribution >= 0.6 is 0 Å². The Hall–Kier alpha value is -1.88. The van der Waals surface area contributed by atoms with Crippen molar-refractivity contribution in [1.29, 1.82) is 0 Å². The standard InChI is InChI=1S/C14H18N2O3/c1-4-19-14(18)11-9-10-7-5-6-8-12(10)16(13(11)17)15(2)3/h5-8,11H,4,9H2,1-3H3. The third-order valence-electron chi connectivity index (χ3n) is 3.12. The quantitative estimate of drug-likeness (QED) is 0.607. The highest BCUT2D eigenvalue weighted by atomic mass is 16.5. The lowest BCUT2D eigenvalue weighted by Crippen LogP contribution is -2.51. The molecule has 0 spiro atoms. The molecule has 0 N–H and O–H groups in total. The van der Waals surface area contributed by atoms with Crippen LogP contribution in [0.5, 0.6) is 0 Å². The molecule has 0 bridgehead atoms. The normalized spacial score (nSPS) is 18.4. The average molecular weight is 262 g/mol. The van der Waals surface area contributed by atoms with Crippen molar-refractivity contribution < 1.29 is 14.3 Å². The molecule has 0 saturated heterocycles. The molecule has 1 amide bonds. The van der Waals surface area contributed by atoms with Gasteiger partial charge in [-0.3, -0.25) is 9.59 Å². The molecule has 0 radical (unpaired) electrons. The number of carbonyl (C=O) groups excluding carboxylic acids is 2. The molecule has 1 aliphatic heterocycles. The summed E-state index contributed by atoms with van der Waals surface area (Å²) >= 11 is 0. The van der Waals surface area contributed by atoms with E-state index in [0.29, 0.717) is 6.42 Å². The molecule has 1 aliphatic rings. The van der Waals surface area contributed by atoms with Gasteiger partial charge in [0.1, 0.15) is 5.92 Å². The number of hydrogen-bond donors (Lipinski definition) is 0. The Morgan fingerprint density at radius 3 is 2.74 bits per heavy atom. The Labute approximate surface area is 112 Å². The number of amides is 1. The first kappa shape index (κ1) is 13.5. The van der Waals surface area contributed by atoms with E-state index in [0.717, 1.165) is 11.3 Å². The zero-order valence-corrected chi connectivity index (χ0v) is 11.4. The molecule has 0 aliphatic carbocycles. The largest absolute Gasteiger partial charge is 0.465 e. The molecule has 5 heteroatoms. The Bertz CT molecular complexity index is 499. The molecule has 1 atom stereocenters. The monoisotopic (exact) mass is 262 g/mol. The predicted molar refractivity (Wildman–Crippen MR) is 71.4 cm³/mol. The van der Waals surface area contributed by atoms with Crippen molar-refractivity contribution in [2.45, 2.75) is 13.3 Å². The van der Waals surface area contributed by atoms with Gasteiger partial charge in [0.15, 0.2) is 0 Å². The molecule has 0 saturated carbocycles. The van der Waals surface area contributed by atoms with E-state index in [2.05, 4.69) is 0 Å². The van der Waals surface area contributed by atoms with Crippen molar-refractivity contribution in [3.05, 3.63) is 29.8 Å². The van der Waals surface area contributed by atoms with Crippen LogP contribution in [-0.4, -0.2) is 37.6 Å². The number of nitrogens with zero attached hydrogens (tertiary/aromatic N) is 2. The van der Waals surface area contributed by atoms with Crippen LogP contribution in [0.4, 0.5) is 5.69 Å². The summed E-state index contributed by atoms with van der Waals surface area (Å²) < 4.78 is 4.99. The van der Waals surface area contributed by atoms with Gasteiger partial charge in [0.05, 0.1) is 12.3 Å². The lowest BCUT2D eigenvalue weighted by atomic mass is 9.92. The van der Waals surface area contributed by atoms with Gasteiger partial charge in [-0.25, -0.2) is 10.0 Å². The highest BCUT2D eigenvalue weighted by molar-refractivity contribution is 6.08. The summed E-state index contributed by atoms with van der Waals surface area (Å²) in [5.41, 5.74) is 1.81. The molecule has 0 aromatic heterocycles. The third-order valence-corrected chi connectivity index (χ3v) is 3.12. The van der Waals surface area contributed by atoms with Gasteiger partial charge >= 0.3 is 5.97 Å². The second-order valence-electron chi connectivity index (χ2n) is 4.63. The second kappa shape index (κ2) is 5.40. The highest BCUT2D eigenvalue weighted by Gasteiger charge is 2.39. The number of fused-ring (bicyclic) bond motifs is 1. The topological polar surface area (TPSA) is 49.9 Å². The molecule has 5 nitrogen and oxygen atoms in total. The summed E-state index contributed by atoms with van der Waals surface area (Å²) in [7, 11) is 3.56. The number of hydrogen-bond acceptors (Lipinski definition) is 4. The SMILES string of the molecule is CCOC(=O)C1Cc2ccccc2N(N(C)C)C1=O. The molecule has 102 valence electrons. The summed E-state index contributed by atoms with van der Waals surface area (Å²) in [5.74, 6) is -1.44. The van der Waals surface area contributed by atoms with Gasteiger partial charge in [-0.15, -0.1) is 0 Å². The van der Waals surface area contributed by atoms with Gasteiger partial charge in [0.25, 0.3) is 5.91 Å². The number of anilines is 1. The third kappa shape index (κ3) is 2.46. The molecule has 1 unspecified atom stereocenters. The summed E-state index contributed by atoms with van der Waals surface area (Å²) in [6, 6.07) is 7.61. The van der Waals surface area contributed by atoms with Crippen LogP contribution in [0.3, 0.4) is 0 Å². The maximum atomic E-state index is 12.4. The second-order valence-corrected chi connectivity index (χ2v) is 4.63. The molecule has 19 heavy (non-hydrogen) atoms. The van der Waals surface area contributed by atoms with Crippen LogP contribution in [0.1, 0.15) is 12.5 Å². The molecule has 0 fully saturated rings. The minimum Gasteiger partial charge on any atom is -0.465 e. The van der Waals surface area contributed by atoms with E-state index < -0.39 is 11.9 Å². The number of hydrazine groups is 1. The molecule has 1 aromatic rings. The number of benzene rings is 1. The fourth-order valence-corrected chi connectivity index (χ4v) is 2.30. The maximum absolute atomic E-state index is 12.4. The van der Waals surface area contributed by atoms with Gasteiger partial charge in [-0.2, -0.15) is 0 Å². The lowest BCUT2D eigenvalue weighted by molar-refractivity contribution is -0.152. The van der Waals surface area contributed by atoms with Crippen LogP contribution in [0.15, 0.2) is 24.3 Å². The predicted octanol–water partition coefficient (Wildman–Crippen LogP) is 1.23. The van der Waals surface area contributed by atoms with E-state index in [1.807, 2.05) is 24.3 Å². The summed E-state index contributed by atoms with van der Waals surface area (Å²) in [6.45, 7) is 2.02. The van der Waals surface area contributed by atoms with Gasteiger partial charge in [-0.05, 0) is 25.0 Å². The van der Waals surface area contributed by atoms with Crippen LogP contribution < -0.4 is 5.01 Å². The molecular weight excluding hydrogens is 244 g/mol. The van der Waals surface area contributed by atoms with Crippen molar-refractivity contribution in [2.75, 3.05) is 25.7 Å². The van der Waals surface area contributed by atoms with Crippen molar-refractivity contribution in [3.63, 3.8) is 0 Å². The lowest BCUT2D eigenvalue weighted by Gasteiger charge is -2.36. The van der Waals surface area contributed by atoms with Crippen molar-refractivity contribution in [3.8, 4) is 0 Å². The summed E-state index contributed by atoms with van der Waals surface area (Å²) in [6.07, 6.45) is 0.401. The first-order chi connectivity index (χ1) is 9.06. The minimum absolute atomic E-state index is 0.234. The van der Waals surface area contributed by atoms with Crippen molar-refractivity contribution >= 4 is 17.6 Å². The minimum atomic E-state index is -0.753. The van der Waals surface area contributed by atoms with Crippen LogP contribution in [0.2, 0.25) is 0 Å². The molecule has 1 aromatic carbocycles. The Morgan fingerprint density at radius 1 is 1.42 bits per heavy atom. The van der Waals surface area contributed by atoms with E-state index in [1.165, 1.54) is 5.01 Å². The zero-order chi connectivity index (χ0) is 14.0. The first-order valence-electron chi connectivity index (χ1n) is 6.32. The van der Waals surface area contributed by atoms with Gasteiger partial charge in [0.2, 0.25) is 0 Å². The number of rotatable bonds is 3. The Kier molecular flexibility index (Phi) is 3.85. The van der Waals surface area contributed by atoms with Crippen LogP contribution in [0, 0.1) is 5.92 Å². The van der Waals surface area contributed by atoms with Gasteiger partial charge in [0, 0.05) is 14.1 Å². The van der Waals surface area contributed by atoms with E-state index in [9.17, 15) is 9.59 Å². The number of carbonyl (C=O) groups is 2. The zero-order valence-electron chi connectivity index (χ0n) is 11.4. The fourth-order valence-electron chi connectivity index (χ4n) is 2.30. The molecular formula is C14H18N2O3.